The van der Waals surface area contributed by atoms with Crippen LogP contribution >= 0.6 is 0 Å². The number of fused-ring (bicyclic) bond motifs is 2. The Morgan fingerprint density at radius 1 is 0.391 bits per heavy atom. The number of hydrogen-bond donors (Lipinski definition) is 4. The first-order valence-electron chi connectivity index (χ1n) is 14.3. The molecule has 0 amide bonds. The Balaban J connectivity index is 1.20. The second-order valence-corrected chi connectivity index (χ2v) is 9.63. The van der Waals surface area contributed by atoms with Crippen molar-refractivity contribution in [2.75, 3.05) is 52.9 Å². The van der Waals surface area contributed by atoms with Gasteiger partial charge in [0.2, 0.25) is 0 Å². The minimum Gasteiger partial charge on any atom is -0.508 e. The van der Waals surface area contributed by atoms with Gasteiger partial charge in [0, 0.05) is 24.3 Å². The van der Waals surface area contributed by atoms with Crippen LogP contribution in [-0.2, 0) is 9.47 Å². The van der Waals surface area contributed by atoms with E-state index in [0.717, 1.165) is 0 Å². The van der Waals surface area contributed by atoms with Crippen molar-refractivity contribution in [2.24, 2.45) is 20.5 Å². The largest absolute Gasteiger partial charge is 0.508 e. The minimum atomic E-state index is -0.199. The summed E-state index contributed by atoms with van der Waals surface area (Å²) in [5.74, 6) is 1.26. The van der Waals surface area contributed by atoms with Crippen LogP contribution in [0.5, 0.6) is 46.0 Å². The quantitative estimate of drug-likeness (QED) is 0.179. The highest BCUT2D eigenvalue weighted by atomic mass is 16.6. The molecule has 14 heteroatoms. The van der Waals surface area contributed by atoms with E-state index in [0.29, 0.717) is 34.4 Å². The van der Waals surface area contributed by atoms with Gasteiger partial charge in [-0.15, -0.1) is 10.2 Å². The van der Waals surface area contributed by atoms with Crippen LogP contribution in [-0.4, -0.2) is 73.3 Å². The number of benzene rings is 4. The van der Waals surface area contributed by atoms with E-state index in [1.807, 2.05) is 0 Å². The SMILES string of the molecule is Oc1ccc(N=Nc2ccc3c(c2)OCCOCCOc2ccc(N=Nc4ccc(O)cc4O)cc2OCCOCCO3)c(O)c1. The second kappa shape index (κ2) is 15.9. The molecule has 1 aliphatic heterocycles. The predicted molar refractivity (Wildman–Crippen MR) is 164 cm³/mol. The first kappa shape index (κ1) is 31.8. The lowest BCUT2D eigenvalue weighted by Crippen LogP contribution is -2.15. The third kappa shape index (κ3) is 9.20. The molecule has 4 aromatic carbocycles. The first-order chi connectivity index (χ1) is 22.4. The number of azo groups is 2. The number of phenolic OH excluding ortho intramolecular Hbond substituents is 4. The maximum absolute atomic E-state index is 9.96. The highest BCUT2D eigenvalue weighted by molar-refractivity contribution is 5.56. The van der Waals surface area contributed by atoms with Crippen LogP contribution in [0.25, 0.3) is 0 Å². The number of hydrogen-bond acceptors (Lipinski definition) is 14. The summed E-state index contributed by atoms with van der Waals surface area (Å²) in [5.41, 5.74) is 1.32. The molecule has 0 unspecified atom stereocenters. The van der Waals surface area contributed by atoms with E-state index in [1.54, 1.807) is 36.4 Å². The molecule has 0 saturated heterocycles. The molecule has 14 nitrogen and oxygen atoms in total. The smallest absolute Gasteiger partial charge is 0.163 e. The lowest BCUT2D eigenvalue weighted by molar-refractivity contribution is 0.0640. The molecule has 0 aliphatic carbocycles. The van der Waals surface area contributed by atoms with Gasteiger partial charge in [-0.25, -0.2) is 0 Å². The highest BCUT2D eigenvalue weighted by Gasteiger charge is 2.11. The van der Waals surface area contributed by atoms with Gasteiger partial charge in [-0.1, -0.05) is 0 Å². The van der Waals surface area contributed by atoms with Gasteiger partial charge >= 0.3 is 0 Å². The number of ether oxygens (including phenoxy) is 6. The Kier molecular flexibility index (Phi) is 11.0. The molecule has 1 heterocycles. The lowest BCUT2D eigenvalue weighted by atomic mass is 10.3. The number of rotatable bonds is 4. The van der Waals surface area contributed by atoms with Gasteiger partial charge in [-0.05, 0) is 48.5 Å². The molecular weight excluding hydrogens is 600 g/mol. The monoisotopic (exact) mass is 632 g/mol. The van der Waals surface area contributed by atoms with E-state index in [9.17, 15) is 20.4 Å². The van der Waals surface area contributed by atoms with E-state index in [2.05, 4.69) is 20.5 Å². The van der Waals surface area contributed by atoms with Gasteiger partial charge in [-0.3, -0.25) is 0 Å². The number of aromatic hydroxyl groups is 4. The predicted octanol–water partition coefficient (Wildman–Crippen LogP) is 6.60. The first-order valence-corrected chi connectivity index (χ1v) is 14.3. The Morgan fingerprint density at radius 2 is 0.783 bits per heavy atom. The Morgan fingerprint density at radius 3 is 1.17 bits per heavy atom. The third-order valence-corrected chi connectivity index (χ3v) is 6.26. The van der Waals surface area contributed by atoms with Crippen molar-refractivity contribution in [1.29, 1.82) is 0 Å². The normalized spacial score (nSPS) is 15.0. The van der Waals surface area contributed by atoms with Crippen molar-refractivity contribution in [2.45, 2.75) is 0 Å². The minimum absolute atomic E-state index is 0.0788. The van der Waals surface area contributed by atoms with Crippen LogP contribution in [0.1, 0.15) is 0 Å². The molecule has 0 bridgehead atoms. The standard InChI is InChI=1S/C32H32N4O10/c37-23-3-5-25(27(39)19-23)35-33-21-1-7-29-31(17-21)45-15-11-42-10-14-44-30-8-2-22(18-32(30)46-16-12-41-9-13-43-29)34-36-26-6-4-24(38)20-28(26)40/h1-8,17-20,37-40H,9-16H2. The van der Waals surface area contributed by atoms with Crippen LogP contribution in [0.4, 0.5) is 22.7 Å². The summed E-state index contributed by atoms with van der Waals surface area (Å²) in [6, 6.07) is 18.2. The van der Waals surface area contributed by atoms with Crippen molar-refractivity contribution in [3.63, 3.8) is 0 Å². The summed E-state index contributed by atoms with van der Waals surface area (Å²) >= 11 is 0. The summed E-state index contributed by atoms with van der Waals surface area (Å²) in [7, 11) is 0. The zero-order valence-electron chi connectivity index (χ0n) is 24.6. The van der Waals surface area contributed by atoms with Gasteiger partial charge in [0.15, 0.2) is 23.0 Å². The topological polar surface area (TPSA) is 186 Å². The average Bonchev–Trinajstić information content (AvgIpc) is 3.04. The second-order valence-electron chi connectivity index (χ2n) is 9.63. The van der Waals surface area contributed by atoms with Crippen LogP contribution in [0.2, 0.25) is 0 Å². The van der Waals surface area contributed by atoms with Crippen molar-refractivity contribution in [1.82, 2.24) is 0 Å². The van der Waals surface area contributed by atoms with Crippen molar-refractivity contribution in [3.05, 3.63) is 72.8 Å². The maximum atomic E-state index is 9.96. The molecule has 0 saturated carbocycles. The van der Waals surface area contributed by atoms with Crippen LogP contribution in [0.3, 0.4) is 0 Å². The zero-order chi connectivity index (χ0) is 32.1. The molecule has 0 radical (unpaired) electrons. The van der Waals surface area contributed by atoms with E-state index < -0.39 is 0 Å². The summed E-state index contributed by atoms with van der Waals surface area (Å²) in [5, 5.41) is 55.3. The third-order valence-electron chi connectivity index (χ3n) is 6.26. The summed E-state index contributed by atoms with van der Waals surface area (Å²) in [4.78, 5) is 0. The summed E-state index contributed by atoms with van der Waals surface area (Å²) in [6.45, 7) is 2.01. The molecule has 4 aromatic rings. The Labute approximate surface area is 263 Å². The zero-order valence-corrected chi connectivity index (χ0v) is 24.6. The van der Waals surface area contributed by atoms with Crippen LogP contribution in [0.15, 0.2) is 93.3 Å². The molecule has 0 spiro atoms. The van der Waals surface area contributed by atoms with Gasteiger partial charge in [0.05, 0.1) is 37.8 Å². The fraction of sp³-hybridized carbons (Fsp3) is 0.250. The van der Waals surface area contributed by atoms with E-state index >= 15 is 0 Å². The molecule has 4 N–H and O–H groups in total. The molecule has 0 aromatic heterocycles. The Hall–Kier alpha value is -5.60. The fourth-order valence-corrected chi connectivity index (χ4v) is 4.04. The highest BCUT2D eigenvalue weighted by Crippen LogP contribution is 2.36. The number of nitrogens with zero attached hydrogens (tertiary/aromatic N) is 4. The molecule has 5 rings (SSSR count). The van der Waals surface area contributed by atoms with Crippen molar-refractivity contribution >= 4 is 22.7 Å². The van der Waals surface area contributed by atoms with Crippen molar-refractivity contribution < 1.29 is 48.8 Å². The molecule has 0 fully saturated rings. The molecule has 1 aliphatic rings. The average molecular weight is 633 g/mol. The van der Waals surface area contributed by atoms with E-state index in [4.69, 9.17) is 28.4 Å². The van der Waals surface area contributed by atoms with Gasteiger partial charge < -0.3 is 48.8 Å². The van der Waals surface area contributed by atoms with Gasteiger partial charge in [0.25, 0.3) is 0 Å². The molecule has 0 atom stereocenters. The molecule has 240 valence electrons. The molecule has 46 heavy (non-hydrogen) atoms. The van der Waals surface area contributed by atoms with Crippen molar-refractivity contribution in [3.8, 4) is 46.0 Å². The van der Waals surface area contributed by atoms with E-state index in [1.165, 1.54) is 36.4 Å². The number of phenols is 4. The van der Waals surface area contributed by atoms with E-state index in [-0.39, 0.29) is 87.2 Å². The van der Waals surface area contributed by atoms with Crippen LogP contribution in [0, 0.1) is 0 Å². The lowest BCUT2D eigenvalue weighted by Gasteiger charge is -2.16. The van der Waals surface area contributed by atoms with Crippen LogP contribution < -0.4 is 18.9 Å². The Bertz CT molecular complexity index is 1560. The molecular formula is C32H32N4O10. The van der Waals surface area contributed by atoms with Gasteiger partial charge in [0.1, 0.15) is 60.8 Å². The summed E-state index contributed by atoms with van der Waals surface area (Å²) in [6.07, 6.45) is 0. The van der Waals surface area contributed by atoms with Gasteiger partial charge in [-0.2, -0.15) is 10.2 Å². The summed E-state index contributed by atoms with van der Waals surface area (Å²) < 4.78 is 35.0. The maximum Gasteiger partial charge on any atom is 0.163 e. The fourth-order valence-electron chi connectivity index (χ4n) is 4.04.